The molecule has 1 rings (SSSR count). The van der Waals surface area contributed by atoms with Crippen LogP contribution in [0.3, 0.4) is 0 Å². The van der Waals surface area contributed by atoms with E-state index in [2.05, 4.69) is 10.3 Å². The Kier molecular flexibility index (Phi) is 5.75. The number of carbonyl (C=O) groups is 2. The summed E-state index contributed by atoms with van der Waals surface area (Å²) in [5.41, 5.74) is 0.446. The van der Waals surface area contributed by atoms with Crippen LogP contribution in [0.4, 0.5) is 0 Å². The Balaban J connectivity index is 2.91. The average Bonchev–Trinajstić information content (AvgIpc) is 2.80. The Hall–Kier alpha value is -1.63. The predicted octanol–water partition coefficient (Wildman–Crippen LogP) is 0.672. The van der Waals surface area contributed by atoms with Gasteiger partial charge in [-0.15, -0.1) is 16.7 Å². The Bertz CT molecular complexity index is 461. The molecule has 8 heteroatoms. The first-order chi connectivity index (χ1) is 9.04. The summed E-state index contributed by atoms with van der Waals surface area (Å²) in [5, 5.41) is 7.51. The zero-order valence-electron chi connectivity index (χ0n) is 11.2. The van der Waals surface area contributed by atoms with Gasteiger partial charge in [0.1, 0.15) is 6.54 Å². The van der Waals surface area contributed by atoms with E-state index in [1.165, 1.54) is 4.68 Å². The van der Waals surface area contributed by atoms with Gasteiger partial charge in [0.05, 0.1) is 18.2 Å². The van der Waals surface area contributed by atoms with Crippen molar-refractivity contribution in [3.63, 3.8) is 0 Å². The van der Waals surface area contributed by atoms with Crippen LogP contribution in [0.1, 0.15) is 30.0 Å². The monoisotopic (exact) mass is 288 g/mol. The number of aromatic nitrogens is 3. The highest BCUT2D eigenvalue weighted by atomic mass is 35.5. The van der Waals surface area contributed by atoms with E-state index in [0.717, 1.165) is 0 Å². The highest BCUT2D eigenvalue weighted by molar-refractivity contribution is 6.17. The maximum atomic E-state index is 11.8. The van der Waals surface area contributed by atoms with E-state index >= 15 is 0 Å². The molecule has 7 nitrogen and oxygen atoms in total. The second-order valence-corrected chi connectivity index (χ2v) is 4.07. The summed E-state index contributed by atoms with van der Waals surface area (Å²) in [6.45, 7) is 4.40. The highest BCUT2D eigenvalue weighted by Crippen LogP contribution is 2.10. The van der Waals surface area contributed by atoms with Crippen LogP contribution >= 0.6 is 11.6 Å². The molecule has 0 aliphatic rings. The van der Waals surface area contributed by atoms with Crippen molar-refractivity contribution >= 4 is 23.5 Å². The van der Waals surface area contributed by atoms with Crippen molar-refractivity contribution in [2.45, 2.75) is 26.3 Å². The summed E-state index contributed by atoms with van der Waals surface area (Å²) < 4.78 is 6.18. The molecule has 0 fully saturated rings. The number of hydrogen-bond acceptors (Lipinski definition) is 5. The van der Waals surface area contributed by atoms with Gasteiger partial charge in [0, 0.05) is 13.6 Å². The summed E-state index contributed by atoms with van der Waals surface area (Å²) in [6, 6.07) is 0. The summed E-state index contributed by atoms with van der Waals surface area (Å²) in [4.78, 5) is 25.0. The van der Waals surface area contributed by atoms with Gasteiger partial charge in [-0.3, -0.25) is 4.79 Å². The van der Waals surface area contributed by atoms with Gasteiger partial charge < -0.3 is 9.64 Å². The number of halogens is 1. The third-order valence-electron chi connectivity index (χ3n) is 2.62. The molecule has 1 aromatic rings. The maximum absolute atomic E-state index is 11.8. The topological polar surface area (TPSA) is 77.3 Å². The van der Waals surface area contributed by atoms with E-state index in [-0.39, 0.29) is 30.6 Å². The first kappa shape index (κ1) is 15.4. The van der Waals surface area contributed by atoms with Crippen LogP contribution in [-0.4, -0.2) is 52.0 Å². The van der Waals surface area contributed by atoms with Gasteiger partial charge in [-0.2, -0.15) is 0 Å². The van der Waals surface area contributed by atoms with E-state index in [9.17, 15) is 9.59 Å². The molecule has 0 bridgehead atoms. The Labute approximate surface area is 116 Å². The largest absolute Gasteiger partial charge is 0.461 e. The molecule has 0 saturated heterocycles. The standard InChI is InChI=1S/C11H17ClN4O3/c1-4-15(3)9(17)7-16-8(6-12)10(13-14-16)11(18)19-5-2/h4-7H2,1-3H3. The van der Waals surface area contributed by atoms with Crippen molar-refractivity contribution < 1.29 is 14.3 Å². The average molecular weight is 289 g/mol. The molecular weight excluding hydrogens is 272 g/mol. The number of hydrogen-bond donors (Lipinski definition) is 0. The number of esters is 1. The summed E-state index contributed by atoms with van der Waals surface area (Å²) in [7, 11) is 1.69. The maximum Gasteiger partial charge on any atom is 0.360 e. The molecule has 0 atom stereocenters. The summed E-state index contributed by atoms with van der Waals surface area (Å²) >= 11 is 5.79. The van der Waals surface area contributed by atoms with E-state index in [0.29, 0.717) is 12.2 Å². The van der Waals surface area contributed by atoms with Gasteiger partial charge in [0.25, 0.3) is 0 Å². The zero-order valence-corrected chi connectivity index (χ0v) is 12.0. The van der Waals surface area contributed by atoms with Gasteiger partial charge in [-0.05, 0) is 13.8 Å². The molecule has 0 N–H and O–H groups in total. The molecule has 1 heterocycles. The zero-order chi connectivity index (χ0) is 14.4. The van der Waals surface area contributed by atoms with Crippen LogP contribution in [0.5, 0.6) is 0 Å². The highest BCUT2D eigenvalue weighted by Gasteiger charge is 2.21. The van der Waals surface area contributed by atoms with Crippen LogP contribution in [-0.2, 0) is 22.0 Å². The molecule has 0 spiro atoms. The van der Waals surface area contributed by atoms with Crippen molar-refractivity contribution in [3.8, 4) is 0 Å². The van der Waals surface area contributed by atoms with Gasteiger partial charge >= 0.3 is 5.97 Å². The SMILES string of the molecule is CCOC(=O)c1nnn(CC(=O)N(C)CC)c1CCl. The lowest BCUT2D eigenvalue weighted by molar-refractivity contribution is -0.130. The Morgan fingerprint density at radius 3 is 2.63 bits per heavy atom. The van der Waals surface area contributed by atoms with E-state index in [1.54, 1.807) is 18.9 Å². The quantitative estimate of drug-likeness (QED) is 0.568. The molecule has 0 aliphatic heterocycles. The third-order valence-corrected chi connectivity index (χ3v) is 2.87. The van der Waals surface area contributed by atoms with Crippen molar-refractivity contribution in [2.75, 3.05) is 20.2 Å². The molecule has 1 amide bonds. The molecule has 1 aromatic heterocycles. The van der Waals surface area contributed by atoms with E-state index in [4.69, 9.17) is 16.3 Å². The van der Waals surface area contributed by atoms with Gasteiger partial charge in [-0.1, -0.05) is 5.21 Å². The van der Waals surface area contributed by atoms with Crippen molar-refractivity contribution in [1.82, 2.24) is 19.9 Å². The van der Waals surface area contributed by atoms with Crippen LogP contribution in [0.15, 0.2) is 0 Å². The minimum Gasteiger partial charge on any atom is -0.461 e. The minimum absolute atomic E-state index is 0.00119. The van der Waals surface area contributed by atoms with Gasteiger partial charge in [-0.25, -0.2) is 9.48 Å². The molecule has 0 aliphatic carbocycles. The molecular formula is C11H17ClN4O3. The predicted molar refractivity (Wildman–Crippen MR) is 68.8 cm³/mol. The Morgan fingerprint density at radius 2 is 2.11 bits per heavy atom. The first-order valence-electron chi connectivity index (χ1n) is 5.94. The fourth-order valence-electron chi connectivity index (χ4n) is 1.38. The number of amides is 1. The number of rotatable bonds is 6. The van der Waals surface area contributed by atoms with Gasteiger partial charge in [0.2, 0.25) is 5.91 Å². The molecule has 0 saturated carbocycles. The molecule has 0 radical (unpaired) electrons. The lowest BCUT2D eigenvalue weighted by atomic mass is 10.3. The minimum atomic E-state index is -0.583. The molecule has 0 unspecified atom stereocenters. The summed E-state index contributed by atoms with van der Waals surface area (Å²) in [6.07, 6.45) is 0. The van der Waals surface area contributed by atoms with Crippen LogP contribution < -0.4 is 0 Å². The lowest BCUT2D eigenvalue weighted by Gasteiger charge is -2.14. The van der Waals surface area contributed by atoms with Crippen molar-refractivity contribution in [1.29, 1.82) is 0 Å². The van der Waals surface area contributed by atoms with Crippen LogP contribution in [0.2, 0.25) is 0 Å². The first-order valence-corrected chi connectivity index (χ1v) is 6.47. The third kappa shape index (κ3) is 3.66. The molecule has 106 valence electrons. The lowest BCUT2D eigenvalue weighted by Crippen LogP contribution is -2.30. The molecule has 0 aromatic carbocycles. The van der Waals surface area contributed by atoms with Crippen molar-refractivity contribution in [3.05, 3.63) is 11.4 Å². The van der Waals surface area contributed by atoms with Crippen molar-refractivity contribution in [2.24, 2.45) is 0 Å². The second-order valence-electron chi connectivity index (χ2n) is 3.80. The fraction of sp³-hybridized carbons (Fsp3) is 0.636. The smallest absolute Gasteiger partial charge is 0.360 e. The number of alkyl halides is 1. The van der Waals surface area contributed by atoms with Gasteiger partial charge in [0.15, 0.2) is 5.69 Å². The molecule has 19 heavy (non-hydrogen) atoms. The van der Waals surface area contributed by atoms with E-state index in [1.807, 2.05) is 6.92 Å². The normalized spacial score (nSPS) is 10.3. The summed E-state index contributed by atoms with van der Waals surface area (Å²) in [5.74, 6) is -0.681. The number of nitrogens with zero attached hydrogens (tertiary/aromatic N) is 4. The number of ether oxygens (including phenoxy) is 1. The fourth-order valence-corrected chi connectivity index (χ4v) is 1.64. The number of carbonyl (C=O) groups excluding carboxylic acids is 2. The van der Waals surface area contributed by atoms with Crippen LogP contribution in [0.25, 0.3) is 0 Å². The Morgan fingerprint density at radius 1 is 1.42 bits per heavy atom. The second kappa shape index (κ2) is 7.08. The number of likely N-dealkylation sites (N-methyl/N-ethyl adjacent to an activating group) is 1. The van der Waals surface area contributed by atoms with Crippen LogP contribution in [0, 0.1) is 0 Å². The van der Waals surface area contributed by atoms with E-state index < -0.39 is 5.97 Å².